The molecule has 0 aliphatic carbocycles. The quantitative estimate of drug-likeness (QED) is 0.280. The Hall–Kier alpha value is -3.73. The molecule has 0 spiro atoms. The van der Waals surface area contributed by atoms with Gasteiger partial charge < -0.3 is 5.11 Å². The van der Waals surface area contributed by atoms with Crippen LogP contribution in [0.25, 0.3) is 5.76 Å². The van der Waals surface area contributed by atoms with Crippen molar-refractivity contribution in [1.29, 1.82) is 0 Å². The molecule has 34 heavy (non-hydrogen) atoms. The van der Waals surface area contributed by atoms with Crippen molar-refractivity contribution in [3.63, 3.8) is 0 Å². The third-order valence-electron chi connectivity index (χ3n) is 6.39. The number of aliphatic hydroxyl groups excluding tert-OH is 1. The zero-order valence-electron chi connectivity index (χ0n) is 20.2. The fourth-order valence-electron chi connectivity index (χ4n) is 4.26. The van der Waals surface area contributed by atoms with E-state index in [1.165, 1.54) is 4.90 Å². The molecule has 2 heterocycles. The molecule has 5 heteroatoms. The summed E-state index contributed by atoms with van der Waals surface area (Å²) in [6.07, 6.45) is 1.59. The van der Waals surface area contributed by atoms with Gasteiger partial charge in [-0.25, -0.2) is 0 Å². The fourth-order valence-corrected chi connectivity index (χ4v) is 4.26. The van der Waals surface area contributed by atoms with Gasteiger partial charge in [0, 0.05) is 11.3 Å². The molecule has 1 saturated heterocycles. The average molecular weight is 455 g/mol. The third kappa shape index (κ3) is 4.26. The number of aromatic nitrogens is 1. The number of hydrogen-bond donors (Lipinski definition) is 1. The Morgan fingerprint density at radius 2 is 1.41 bits per heavy atom. The van der Waals surface area contributed by atoms with Gasteiger partial charge in [0.1, 0.15) is 5.76 Å². The second-order valence-electron chi connectivity index (χ2n) is 9.42. The van der Waals surface area contributed by atoms with E-state index in [0.717, 1.165) is 22.4 Å². The van der Waals surface area contributed by atoms with Crippen molar-refractivity contribution in [3.8, 4) is 0 Å². The number of Topliss-reactive ketones (excluding diaryl/α,β-unsaturated/α-hetero) is 1. The zero-order chi connectivity index (χ0) is 24.6. The zero-order valence-corrected chi connectivity index (χ0v) is 20.2. The van der Waals surface area contributed by atoms with E-state index in [1.807, 2.05) is 43.3 Å². The van der Waals surface area contributed by atoms with Gasteiger partial charge in [-0.2, -0.15) is 0 Å². The first-order chi connectivity index (χ1) is 16.2. The monoisotopic (exact) mass is 454 g/mol. The lowest BCUT2D eigenvalue weighted by Crippen LogP contribution is -2.29. The summed E-state index contributed by atoms with van der Waals surface area (Å²) in [6, 6.07) is 18.2. The van der Waals surface area contributed by atoms with Crippen LogP contribution >= 0.6 is 0 Å². The van der Waals surface area contributed by atoms with Crippen molar-refractivity contribution < 1.29 is 14.7 Å². The van der Waals surface area contributed by atoms with Crippen LogP contribution in [0.3, 0.4) is 0 Å². The number of aryl methyl sites for hydroxylation is 1. The van der Waals surface area contributed by atoms with Gasteiger partial charge in [0.05, 0.1) is 23.5 Å². The van der Waals surface area contributed by atoms with Crippen LogP contribution in [0.2, 0.25) is 0 Å². The largest absolute Gasteiger partial charge is 0.507 e. The standard InChI is InChI=1S/C29H30N2O3/c1-17(2)20-7-11-22(12-8-20)26-25(27(32)23-13-9-21(10-14-23)18(3)4)28(33)29(34)31(26)24-15-6-19(5)30-16-24/h6-18,26,32H,1-5H3. The number of amides is 1. The molecule has 3 aromatic rings. The number of pyridine rings is 1. The Morgan fingerprint density at radius 1 is 0.853 bits per heavy atom. The predicted octanol–water partition coefficient (Wildman–Crippen LogP) is 6.26. The molecule has 2 aromatic carbocycles. The number of ketones is 1. The van der Waals surface area contributed by atoms with Crippen molar-refractivity contribution >= 4 is 23.1 Å². The average Bonchev–Trinajstić information content (AvgIpc) is 3.09. The summed E-state index contributed by atoms with van der Waals surface area (Å²) in [4.78, 5) is 32.3. The van der Waals surface area contributed by atoms with Crippen LogP contribution in [0.4, 0.5) is 5.69 Å². The highest BCUT2D eigenvalue weighted by Crippen LogP contribution is 2.42. The van der Waals surface area contributed by atoms with E-state index in [1.54, 1.807) is 30.5 Å². The van der Waals surface area contributed by atoms with Crippen LogP contribution in [-0.2, 0) is 9.59 Å². The van der Waals surface area contributed by atoms with Crippen LogP contribution in [0, 0.1) is 6.92 Å². The number of nitrogens with zero attached hydrogens (tertiary/aromatic N) is 2. The first kappa shape index (κ1) is 23.4. The normalized spacial score (nSPS) is 17.7. The van der Waals surface area contributed by atoms with Gasteiger partial charge in [0.25, 0.3) is 11.7 Å². The van der Waals surface area contributed by atoms with E-state index < -0.39 is 17.7 Å². The summed E-state index contributed by atoms with van der Waals surface area (Å²) in [5, 5.41) is 11.3. The molecule has 1 aliphatic heterocycles. The highest BCUT2D eigenvalue weighted by molar-refractivity contribution is 6.51. The minimum atomic E-state index is -0.754. The summed E-state index contributed by atoms with van der Waals surface area (Å²) in [5.74, 6) is -0.862. The molecular weight excluding hydrogens is 424 g/mol. The van der Waals surface area contributed by atoms with Crippen LogP contribution in [0.15, 0.2) is 72.4 Å². The summed E-state index contributed by atoms with van der Waals surface area (Å²) < 4.78 is 0. The molecule has 1 unspecified atom stereocenters. The summed E-state index contributed by atoms with van der Waals surface area (Å²) >= 11 is 0. The highest BCUT2D eigenvalue weighted by atomic mass is 16.3. The van der Waals surface area contributed by atoms with Crippen LogP contribution < -0.4 is 4.90 Å². The van der Waals surface area contributed by atoms with E-state index in [2.05, 4.69) is 32.7 Å². The Balaban J connectivity index is 1.89. The molecule has 0 radical (unpaired) electrons. The van der Waals surface area contributed by atoms with Crippen LogP contribution in [0.1, 0.15) is 73.5 Å². The van der Waals surface area contributed by atoms with E-state index in [0.29, 0.717) is 23.1 Å². The van der Waals surface area contributed by atoms with Crippen LogP contribution in [-0.4, -0.2) is 21.8 Å². The third-order valence-corrected chi connectivity index (χ3v) is 6.39. The number of rotatable bonds is 5. The van der Waals surface area contributed by atoms with E-state index >= 15 is 0 Å². The topological polar surface area (TPSA) is 70.5 Å². The Morgan fingerprint density at radius 3 is 1.91 bits per heavy atom. The lowest BCUT2D eigenvalue weighted by atomic mass is 9.92. The minimum absolute atomic E-state index is 0.0835. The molecule has 1 fully saturated rings. The van der Waals surface area contributed by atoms with Gasteiger partial charge in [-0.3, -0.25) is 19.5 Å². The van der Waals surface area contributed by atoms with E-state index in [9.17, 15) is 14.7 Å². The molecular formula is C29H30N2O3. The SMILES string of the molecule is Cc1ccc(N2C(=O)C(=O)C(=C(O)c3ccc(C(C)C)cc3)C2c2ccc(C(C)C)cc2)cn1. The van der Waals surface area contributed by atoms with Gasteiger partial charge in [-0.15, -0.1) is 0 Å². The van der Waals surface area contributed by atoms with Gasteiger partial charge >= 0.3 is 0 Å². The number of carbonyl (C=O) groups excluding carboxylic acids is 2. The summed E-state index contributed by atoms with van der Waals surface area (Å²) in [5.41, 5.74) is 4.95. The fraction of sp³-hybridized carbons (Fsp3) is 0.276. The van der Waals surface area contributed by atoms with Gasteiger partial charge in [0.15, 0.2) is 0 Å². The van der Waals surface area contributed by atoms with Crippen LogP contribution in [0.5, 0.6) is 0 Å². The minimum Gasteiger partial charge on any atom is -0.507 e. The first-order valence-corrected chi connectivity index (χ1v) is 11.6. The lowest BCUT2D eigenvalue weighted by Gasteiger charge is -2.25. The Kier molecular flexibility index (Phi) is 6.38. The molecule has 0 saturated carbocycles. The second kappa shape index (κ2) is 9.26. The molecule has 1 N–H and O–H groups in total. The molecule has 1 atom stereocenters. The van der Waals surface area contributed by atoms with Crippen molar-refractivity contribution in [2.45, 2.75) is 52.5 Å². The number of carbonyl (C=O) groups is 2. The lowest BCUT2D eigenvalue weighted by molar-refractivity contribution is -0.132. The Bertz CT molecular complexity index is 1240. The second-order valence-corrected chi connectivity index (χ2v) is 9.42. The molecule has 1 amide bonds. The molecule has 174 valence electrons. The van der Waals surface area contributed by atoms with E-state index in [-0.39, 0.29) is 11.3 Å². The predicted molar refractivity (Wildman–Crippen MR) is 135 cm³/mol. The smallest absolute Gasteiger partial charge is 0.300 e. The molecule has 0 bridgehead atoms. The molecule has 1 aliphatic rings. The highest BCUT2D eigenvalue weighted by Gasteiger charge is 2.47. The first-order valence-electron chi connectivity index (χ1n) is 11.6. The summed E-state index contributed by atoms with van der Waals surface area (Å²) in [6.45, 7) is 10.3. The van der Waals surface area contributed by atoms with Crippen molar-refractivity contribution in [1.82, 2.24) is 4.98 Å². The number of aliphatic hydroxyl groups is 1. The van der Waals surface area contributed by atoms with Gasteiger partial charge in [-0.05, 0) is 47.6 Å². The van der Waals surface area contributed by atoms with E-state index in [4.69, 9.17) is 0 Å². The molecule has 5 nitrogen and oxygen atoms in total. The van der Waals surface area contributed by atoms with Crippen molar-refractivity contribution in [2.75, 3.05) is 4.90 Å². The number of anilines is 1. The maximum atomic E-state index is 13.3. The maximum Gasteiger partial charge on any atom is 0.300 e. The number of benzene rings is 2. The molecule has 4 rings (SSSR count). The van der Waals surface area contributed by atoms with Gasteiger partial charge in [0.2, 0.25) is 0 Å². The summed E-state index contributed by atoms with van der Waals surface area (Å²) in [7, 11) is 0. The number of hydrogen-bond acceptors (Lipinski definition) is 4. The van der Waals surface area contributed by atoms with Crippen molar-refractivity contribution in [2.24, 2.45) is 0 Å². The van der Waals surface area contributed by atoms with Crippen molar-refractivity contribution in [3.05, 3.63) is 100 Å². The van der Waals surface area contributed by atoms with Gasteiger partial charge in [-0.1, -0.05) is 76.2 Å². The Labute approximate surface area is 200 Å². The maximum absolute atomic E-state index is 13.3. The molecule has 1 aromatic heterocycles.